The van der Waals surface area contributed by atoms with Crippen molar-refractivity contribution < 1.29 is 9.15 Å². The van der Waals surface area contributed by atoms with Crippen LogP contribution in [0.15, 0.2) is 53.1 Å². The summed E-state index contributed by atoms with van der Waals surface area (Å²) in [6.45, 7) is 7.17. The molecule has 130 valence electrons. The summed E-state index contributed by atoms with van der Waals surface area (Å²) in [6, 6.07) is 15.0. The molecule has 2 heterocycles. The van der Waals surface area contributed by atoms with Crippen molar-refractivity contribution in [3.05, 3.63) is 60.1 Å². The van der Waals surface area contributed by atoms with Crippen LogP contribution in [0.25, 0.3) is 0 Å². The summed E-state index contributed by atoms with van der Waals surface area (Å²) in [6.07, 6.45) is 5.42. The molecule has 2 atom stereocenters. The van der Waals surface area contributed by atoms with Crippen LogP contribution >= 0.6 is 0 Å². The first-order valence-electron chi connectivity index (χ1n) is 9.10. The second kappa shape index (κ2) is 8.00. The molecule has 1 aliphatic rings. The standard InChI is InChI=1S/C21H29NO2/c1-17(2)20-15-21(11-14-24-20,18-7-4-3-5-8-18)10-12-22-16-19-9-6-13-23-19/h3-9,13,17,20,22H,10-12,14-16H2,1-2H3. The number of nitrogens with one attached hydrogen (secondary N) is 1. The minimum absolute atomic E-state index is 0.213. The van der Waals surface area contributed by atoms with Gasteiger partial charge in [0.15, 0.2) is 0 Å². The first-order chi connectivity index (χ1) is 11.7. The van der Waals surface area contributed by atoms with Gasteiger partial charge >= 0.3 is 0 Å². The van der Waals surface area contributed by atoms with Crippen molar-refractivity contribution in [3.8, 4) is 0 Å². The third kappa shape index (κ3) is 4.08. The van der Waals surface area contributed by atoms with Crippen molar-refractivity contribution in [1.29, 1.82) is 0 Å². The van der Waals surface area contributed by atoms with Gasteiger partial charge in [-0.3, -0.25) is 0 Å². The molecule has 1 aromatic heterocycles. The SMILES string of the molecule is CC(C)C1CC(CCNCc2ccco2)(c2ccccc2)CCO1. The number of ether oxygens (including phenoxy) is 1. The Balaban J connectivity index is 1.68. The molecule has 1 aliphatic heterocycles. The van der Waals surface area contributed by atoms with Crippen LogP contribution in [0.4, 0.5) is 0 Å². The van der Waals surface area contributed by atoms with Crippen LogP contribution in [0.5, 0.6) is 0 Å². The van der Waals surface area contributed by atoms with Gasteiger partial charge in [-0.15, -0.1) is 0 Å². The monoisotopic (exact) mass is 327 g/mol. The van der Waals surface area contributed by atoms with E-state index in [2.05, 4.69) is 49.5 Å². The largest absolute Gasteiger partial charge is 0.468 e. The molecule has 3 heteroatoms. The number of hydrogen-bond acceptors (Lipinski definition) is 3. The van der Waals surface area contributed by atoms with Gasteiger partial charge in [-0.25, -0.2) is 0 Å². The van der Waals surface area contributed by atoms with Crippen molar-refractivity contribution in [1.82, 2.24) is 5.32 Å². The van der Waals surface area contributed by atoms with Gasteiger partial charge in [-0.1, -0.05) is 44.2 Å². The molecule has 0 amide bonds. The van der Waals surface area contributed by atoms with Crippen LogP contribution in [-0.4, -0.2) is 19.3 Å². The van der Waals surface area contributed by atoms with Gasteiger partial charge in [-0.2, -0.15) is 0 Å². The zero-order chi connectivity index (χ0) is 16.8. The zero-order valence-corrected chi connectivity index (χ0v) is 14.8. The van der Waals surface area contributed by atoms with Crippen LogP contribution < -0.4 is 5.32 Å². The Morgan fingerprint density at radius 1 is 1.17 bits per heavy atom. The number of furan rings is 1. The number of rotatable bonds is 7. The summed E-state index contributed by atoms with van der Waals surface area (Å²) in [5.41, 5.74) is 1.67. The molecular weight excluding hydrogens is 298 g/mol. The summed E-state index contributed by atoms with van der Waals surface area (Å²) < 4.78 is 11.4. The third-order valence-electron chi connectivity index (χ3n) is 5.29. The average molecular weight is 327 g/mol. The summed E-state index contributed by atoms with van der Waals surface area (Å²) in [4.78, 5) is 0. The fourth-order valence-electron chi connectivity index (χ4n) is 3.76. The van der Waals surface area contributed by atoms with E-state index in [0.717, 1.165) is 44.7 Å². The fourth-order valence-corrected chi connectivity index (χ4v) is 3.76. The second-order valence-corrected chi connectivity index (χ2v) is 7.26. The first kappa shape index (κ1) is 17.2. The van der Waals surface area contributed by atoms with Crippen molar-refractivity contribution in [2.45, 2.75) is 51.2 Å². The van der Waals surface area contributed by atoms with Crippen LogP contribution in [0.1, 0.15) is 44.4 Å². The summed E-state index contributed by atoms with van der Waals surface area (Å²) >= 11 is 0. The van der Waals surface area contributed by atoms with Gasteiger partial charge in [0.25, 0.3) is 0 Å². The molecule has 1 aromatic carbocycles. The van der Waals surface area contributed by atoms with E-state index >= 15 is 0 Å². The lowest BCUT2D eigenvalue weighted by Crippen LogP contribution is -2.42. The Hall–Kier alpha value is -1.58. The van der Waals surface area contributed by atoms with E-state index in [9.17, 15) is 0 Å². The fraction of sp³-hybridized carbons (Fsp3) is 0.524. The predicted octanol–water partition coefficient (Wildman–Crippen LogP) is 4.53. The maximum absolute atomic E-state index is 6.05. The Morgan fingerprint density at radius 3 is 2.71 bits per heavy atom. The Morgan fingerprint density at radius 2 is 2.00 bits per heavy atom. The minimum atomic E-state index is 0.213. The van der Waals surface area contributed by atoms with Crippen molar-refractivity contribution >= 4 is 0 Å². The summed E-state index contributed by atoms with van der Waals surface area (Å²) in [7, 11) is 0. The van der Waals surface area contributed by atoms with Crippen molar-refractivity contribution in [3.63, 3.8) is 0 Å². The molecule has 3 nitrogen and oxygen atoms in total. The lowest BCUT2D eigenvalue weighted by molar-refractivity contribution is -0.0469. The van der Waals surface area contributed by atoms with E-state index in [-0.39, 0.29) is 5.41 Å². The van der Waals surface area contributed by atoms with Gasteiger partial charge in [0.2, 0.25) is 0 Å². The molecule has 1 saturated heterocycles. The molecule has 2 unspecified atom stereocenters. The maximum Gasteiger partial charge on any atom is 0.117 e. The van der Waals surface area contributed by atoms with Crippen LogP contribution in [0.2, 0.25) is 0 Å². The molecule has 24 heavy (non-hydrogen) atoms. The van der Waals surface area contributed by atoms with E-state index in [0.29, 0.717) is 12.0 Å². The third-order valence-corrected chi connectivity index (χ3v) is 5.29. The molecule has 0 saturated carbocycles. The Labute approximate surface area is 145 Å². The summed E-state index contributed by atoms with van der Waals surface area (Å²) in [5.74, 6) is 1.56. The summed E-state index contributed by atoms with van der Waals surface area (Å²) in [5, 5.41) is 3.54. The van der Waals surface area contributed by atoms with Crippen LogP contribution in [-0.2, 0) is 16.7 Å². The van der Waals surface area contributed by atoms with Gasteiger partial charge in [0, 0.05) is 12.0 Å². The highest BCUT2D eigenvalue weighted by Gasteiger charge is 2.38. The Bertz CT molecular complexity index is 594. The molecule has 0 aliphatic carbocycles. The molecule has 0 radical (unpaired) electrons. The van der Waals surface area contributed by atoms with Gasteiger partial charge < -0.3 is 14.5 Å². The predicted molar refractivity (Wildman–Crippen MR) is 97.0 cm³/mol. The lowest BCUT2D eigenvalue weighted by atomic mass is 9.68. The highest BCUT2D eigenvalue weighted by Crippen LogP contribution is 2.41. The minimum Gasteiger partial charge on any atom is -0.468 e. The Kier molecular flexibility index (Phi) is 5.75. The smallest absolute Gasteiger partial charge is 0.117 e. The highest BCUT2D eigenvalue weighted by atomic mass is 16.5. The molecule has 0 bridgehead atoms. The molecule has 0 spiro atoms. The van der Waals surface area contributed by atoms with Gasteiger partial charge in [-0.05, 0) is 49.4 Å². The van der Waals surface area contributed by atoms with Crippen LogP contribution in [0.3, 0.4) is 0 Å². The van der Waals surface area contributed by atoms with Gasteiger partial charge in [0.05, 0.1) is 18.9 Å². The van der Waals surface area contributed by atoms with Crippen molar-refractivity contribution in [2.75, 3.05) is 13.2 Å². The van der Waals surface area contributed by atoms with E-state index < -0.39 is 0 Å². The molecule has 3 rings (SSSR count). The number of hydrogen-bond donors (Lipinski definition) is 1. The normalized spacial score (nSPS) is 24.4. The van der Waals surface area contributed by atoms with Crippen LogP contribution in [0, 0.1) is 5.92 Å². The number of benzene rings is 1. The average Bonchev–Trinajstić information content (AvgIpc) is 3.13. The molecule has 1 fully saturated rings. The maximum atomic E-state index is 6.05. The first-order valence-corrected chi connectivity index (χ1v) is 9.10. The van der Waals surface area contributed by atoms with E-state index in [4.69, 9.17) is 9.15 Å². The second-order valence-electron chi connectivity index (χ2n) is 7.26. The van der Waals surface area contributed by atoms with E-state index in [1.165, 1.54) is 5.56 Å². The lowest BCUT2D eigenvalue weighted by Gasteiger charge is -2.43. The molecular formula is C21H29NO2. The van der Waals surface area contributed by atoms with E-state index in [1.807, 2.05) is 12.1 Å². The highest BCUT2D eigenvalue weighted by molar-refractivity contribution is 5.26. The molecule has 1 N–H and O–H groups in total. The zero-order valence-electron chi connectivity index (χ0n) is 14.8. The molecule has 2 aromatic rings. The van der Waals surface area contributed by atoms with E-state index in [1.54, 1.807) is 6.26 Å². The quantitative estimate of drug-likeness (QED) is 0.759. The van der Waals surface area contributed by atoms with Crippen molar-refractivity contribution in [2.24, 2.45) is 5.92 Å². The topological polar surface area (TPSA) is 34.4 Å². The van der Waals surface area contributed by atoms with Gasteiger partial charge in [0.1, 0.15) is 5.76 Å².